The molecule has 5 heterocycles. The van der Waals surface area contributed by atoms with Gasteiger partial charge < -0.3 is 14.5 Å². The summed E-state index contributed by atoms with van der Waals surface area (Å²) in [5, 5.41) is 0. The van der Waals surface area contributed by atoms with Gasteiger partial charge in [-0.05, 0) is 44.5 Å². The van der Waals surface area contributed by atoms with E-state index in [1.165, 1.54) is 12.8 Å². The molecular weight excluding hydrogens is 328 g/mol. The first-order valence-electron chi connectivity index (χ1n) is 9.38. The molecule has 7 heteroatoms. The van der Waals surface area contributed by atoms with Crippen LogP contribution in [0.2, 0.25) is 0 Å². The Kier molecular flexibility index (Phi) is 3.86. The Morgan fingerprint density at radius 1 is 1.08 bits per heavy atom. The lowest BCUT2D eigenvalue weighted by Gasteiger charge is -2.40. The van der Waals surface area contributed by atoms with E-state index in [1.54, 1.807) is 18.6 Å². The maximum Gasteiger partial charge on any atom is 0.226 e. The van der Waals surface area contributed by atoms with Crippen molar-refractivity contribution in [3.8, 4) is 11.4 Å². The van der Waals surface area contributed by atoms with Crippen LogP contribution in [0.25, 0.3) is 11.4 Å². The highest BCUT2D eigenvalue weighted by atomic mass is 16.5. The first-order chi connectivity index (χ1) is 12.8. The first kappa shape index (κ1) is 16.1. The molecule has 7 nitrogen and oxygen atoms in total. The highest BCUT2D eigenvalue weighted by Crippen LogP contribution is 2.50. The van der Waals surface area contributed by atoms with Crippen LogP contribution < -0.4 is 4.90 Å². The maximum atomic E-state index is 5.90. The number of hydrogen-bond donors (Lipinski definition) is 0. The molecule has 0 aliphatic carbocycles. The van der Waals surface area contributed by atoms with E-state index in [4.69, 9.17) is 9.72 Å². The van der Waals surface area contributed by atoms with Gasteiger partial charge in [0.15, 0.2) is 0 Å². The smallest absolute Gasteiger partial charge is 0.226 e. The number of ether oxygens (including phenoxy) is 1. The van der Waals surface area contributed by atoms with Gasteiger partial charge in [0.05, 0.1) is 31.1 Å². The number of aromatic nitrogens is 4. The summed E-state index contributed by atoms with van der Waals surface area (Å²) < 4.78 is 5.90. The lowest BCUT2D eigenvalue weighted by atomic mass is 9.70. The Balaban J connectivity index is 1.47. The van der Waals surface area contributed by atoms with E-state index in [-0.39, 0.29) is 0 Å². The predicted octanol–water partition coefficient (Wildman–Crippen LogP) is 1.48. The van der Waals surface area contributed by atoms with Gasteiger partial charge in [0, 0.05) is 31.1 Å². The van der Waals surface area contributed by atoms with Crippen LogP contribution >= 0.6 is 0 Å². The van der Waals surface area contributed by atoms with E-state index < -0.39 is 0 Å². The lowest BCUT2D eigenvalue weighted by molar-refractivity contribution is 0.0715. The summed E-state index contributed by atoms with van der Waals surface area (Å²) in [6.07, 6.45) is 9.41. The fraction of sp³-hybridized carbons (Fsp3) is 0.579. The predicted molar refractivity (Wildman–Crippen MR) is 97.7 cm³/mol. The molecule has 0 N–H and O–H groups in total. The van der Waals surface area contributed by atoms with Crippen molar-refractivity contribution in [3.05, 3.63) is 30.9 Å². The number of likely N-dealkylation sites (tertiary alicyclic amines) is 1. The number of fused-ring (bicyclic) bond motifs is 2. The van der Waals surface area contributed by atoms with Crippen molar-refractivity contribution in [1.29, 1.82) is 0 Å². The summed E-state index contributed by atoms with van der Waals surface area (Å²) in [7, 11) is 2.22. The zero-order valence-electron chi connectivity index (χ0n) is 15.1. The van der Waals surface area contributed by atoms with Crippen LogP contribution in [0.5, 0.6) is 0 Å². The van der Waals surface area contributed by atoms with Crippen molar-refractivity contribution in [2.45, 2.75) is 18.9 Å². The fourth-order valence-corrected chi connectivity index (χ4v) is 4.88. The molecule has 2 aromatic rings. The van der Waals surface area contributed by atoms with Gasteiger partial charge in [-0.2, -0.15) is 0 Å². The second kappa shape index (κ2) is 6.25. The van der Waals surface area contributed by atoms with Crippen molar-refractivity contribution in [2.75, 3.05) is 44.8 Å². The molecule has 3 aliphatic heterocycles. The first-order valence-corrected chi connectivity index (χ1v) is 9.38. The summed E-state index contributed by atoms with van der Waals surface area (Å²) in [5.41, 5.74) is 1.94. The minimum Gasteiger partial charge on any atom is -0.379 e. The quantitative estimate of drug-likeness (QED) is 0.811. The van der Waals surface area contributed by atoms with Gasteiger partial charge in [-0.1, -0.05) is 0 Å². The van der Waals surface area contributed by atoms with Gasteiger partial charge in [-0.3, -0.25) is 9.97 Å². The average molecular weight is 352 g/mol. The third-order valence-corrected chi connectivity index (χ3v) is 6.43. The fourth-order valence-electron chi connectivity index (χ4n) is 4.88. The summed E-state index contributed by atoms with van der Waals surface area (Å²) in [6, 6.07) is 2.29. The number of nitrogens with zero attached hydrogens (tertiary/aromatic N) is 6. The molecule has 0 saturated carbocycles. The Hall–Kier alpha value is -2.12. The topological polar surface area (TPSA) is 67.3 Å². The molecule has 0 aromatic carbocycles. The highest BCUT2D eigenvalue weighted by Gasteiger charge is 2.56. The van der Waals surface area contributed by atoms with Crippen LogP contribution in [0, 0.1) is 11.3 Å². The number of rotatable bonds is 2. The second-order valence-corrected chi connectivity index (χ2v) is 7.84. The number of hydrogen-bond acceptors (Lipinski definition) is 7. The molecule has 3 aliphatic rings. The van der Waals surface area contributed by atoms with E-state index in [1.807, 2.05) is 12.3 Å². The molecule has 2 aromatic heterocycles. The van der Waals surface area contributed by atoms with Gasteiger partial charge in [0.1, 0.15) is 5.69 Å². The van der Waals surface area contributed by atoms with E-state index in [9.17, 15) is 0 Å². The largest absolute Gasteiger partial charge is 0.379 e. The molecule has 0 radical (unpaired) electrons. The molecule has 136 valence electrons. The van der Waals surface area contributed by atoms with Crippen molar-refractivity contribution in [2.24, 2.45) is 11.3 Å². The molecule has 3 saturated heterocycles. The molecule has 5 rings (SSSR count). The Morgan fingerprint density at radius 2 is 1.96 bits per heavy atom. The molecule has 2 atom stereocenters. The Morgan fingerprint density at radius 3 is 2.77 bits per heavy atom. The van der Waals surface area contributed by atoms with Crippen molar-refractivity contribution < 1.29 is 4.74 Å². The van der Waals surface area contributed by atoms with Gasteiger partial charge >= 0.3 is 0 Å². The molecule has 0 amide bonds. The monoisotopic (exact) mass is 352 g/mol. The average Bonchev–Trinajstić information content (AvgIpc) is 3.28. The SMILES string of the molecule is CN1CCC2(CC1)CN(c1nccc(-c3cnccn3)n1)[C@@H]1COC[C@@H]12. The molecule has 3 fully saturated rings. The minimum atomic E-state index is 0.333. The minimum absolute atomic E-state index is 0.333. The van der Waals surface area contributed by atoms with Crippen molar-refractivity contribution in [1.82, 2.24) is 24.8 Å². The normalized spacial score (nSPS) is 27.8. The highest BCUT2D eigenvalue weighted by molar-refractivity contribution is 5.54. The van der Waals surface area contributed by atoms with Gasteiger partial charge in [-0.25, -0.2) is 9.97 Å². The van der Waals surface area contributed by atoms with Crippen LogP contribution in [0.3, 0.4) is 0 Å². The summed E-state index contributed by atoms with van der Waals surface area (Å²) in [6.45, 7) is 5.01. The summed E-state index contributed by atoms with van der Waals surface area (Å²) in [5.74, 6) is 1.38. The van der Waals surface area contributed by atoms with Crippen LogP contribution in [-0.4, -0.2) is 70.8 Å². The second-order valence-electron chi connectivity index (χ2n) is 7.84. The molecular formula is C19H24N6O. The Bertz CT molecular complexity index is 777. The van der Waals surface area contributed by atoms with Gasteiger partial charge in [0.25, 0.3) is 0 Å². The molecule has 1 spiro atoms. The van der Waals surface area contributed by atoms with E-state index in [0.717, 1.165) is 50.2 Å². The number of piperidine rings is 1. The van der Waals surface area contributed by atoms with Gasteiger partial charge in [0.2, 0.25) is 5.95 Å². The zero-order valence-corrected chi connectivity index (χ0v) is 15.1. The standard InChI is InChI=1S/C19H24N6O/c1-24-8-3-19(4-9-24)13-25(17-12-26-11-14(17)19)18-22-5-2-15(23-18)16-10-20-6-7-21-16/h2,5-7,10,14,17H,3-4,8-9,11-13H2,1H3/t14-,17+/m0/s1. The van der Waals surface area contributed by atoms with Crippen LogP contribution in [-0.2, 0) is 4.74 Å². The molecule has 26 heavy (non-hydrogen) atoms. The number of anilines is 1. The zero-order chi connectivity index (χ0) is 17.6. The Labute approximate surface area is 153 Å². The van der Waals surface area contributed by atoms with Crippen LogP contribution in [0.15, 0.2) is 30.9 Å². The summed E-state index contributed by atoms with van der Waals surface area (Å²) >= 11 is 0. The van der Waals surface area contributed by atoms with E-state index >= 15 is 0 Å². The lowest BCUT2D eigenvalue weighted by Crippen LogP contribution is -2.43. The third kappa shape index (κ3) is 2.57. The van der Waals surface area contributed by atoms with Crippen LogP contribution in [0.4, 0.5) is 5.95 Å². The van der Waals surface area contributed by atoms with E-state index in [2.05, 4.69) is 31.8 Å². The van der Waals surface area contributed by atoms with Crippen LogP contribution in [0.1, 0.15) is 12.8 Å². The maximum absolute atomic E-state index is 5.90. The molecule has 0 bridgehead atoms. The van der Waals surface area contributed by atoms with Gasteiger partial charge in [-0.15, -0.1) is 0 Å². The van der Waals surface area contributed by atoms with E-state index in [0.29, 0.717) is 17.4 Å². The third-order valence-electron chi connectivity index (χ3n) is 6.43. The summed E-state index contributed by atoms with van der Waals surface area (Å²) in [4.78, 5) is 22.8. The van der Waals surface area contributed by atoms with Crippen molar-refractivity contribution in [3.63, 3.8) is 0 Å². The van der Waals surface area contributed by atoms with Crippen molar-refractivity contribution >= 4 is 5.95 Å². The molecule has 0 unspecified atom stereocenters.